The molecule has 160 valence electrons. The number of nitrogens with one attached hydrogen (secondary N) is 1. The summed E-state index contributed by atoms with van der Waals surface area (Å²) in [5.41, 5.74) is 0.232. The summed E-state index contributed by atoms with van der Waals surface area (Å²) in [6.07, 6.45) is 5.69. The van der Waals surface area contributed by atoms with Crippen molar-refractivity contribution in [1.29, 1.82) is 0 Å². The summed E-state index contributed by atoms with van der Waals surface area (Å²) in [7, 11) is 2.44. The van der Waals surface area contributed by atoms with E-state index in [1.165, 1.54) is 25.2 Å². The van der Waals surface area contributed by atoms with Crippen LogP contribution in [0, 0.1) is 0 Å². The Morgan fingerprint density at radius 1 is 1.03 bits per heavy atom. The van der Waals surface area contributed by atoms with Crippen molar-refractivity contribution in [2.75, 3.05) is 24.4 Å². The Morgan fingerprint density at radius 3 is 2.30 bits per heavy atom. The van der Waals surface area contributed by atoms with Crippen LogP contribution in [0.4, 0.5) is 16.2 Å². The van der Waals surface area contributed by atoms with Crippen LogP contribution in [0.25, 0.3) is 0 Å². The van der Waals surface area contributed by atoms with E-state index in [9.17, 15) is 14.4 Å². The monoisotopic (exact) mass is 478 g/mol. The maximum atomic E-state index is 12.6. The predicted octanol–water partition coefficient (Wildman–Crippen LogP) is 4.29. The average molecular weight is 479 g/mol. The van der Waals surface area contributed by atoms with Crippen LogP contribution < -0.4 is 10.2 Å². The normalized spacial score (nSPS) is 13.6. The van der Waals surface area contributed by atoms with Gasteiger partial charge < -0.3 is 19.1 Å². The van der Waals surface area contributed by atoms with Gasteiger partial charge in [-0.25, -0.2) is 14.4 Å². The second-order valence-electron chi connectivity index (χ2n) is 7.11. The lowest BCUT2D eigenvalue weighted by Crippen LogP contribution is -2.28. The van der Waals surface area contributed by atoms with Gasteiger partial charge in [0.05, 0.1) is 25.5 Å². The van der Waals surface area contributed by atoms with Crippen LogP contribution in [-0.2, 0) is 23.8 Å². The van der Waals surface area contributed by atoms with E-state index in [4.69, 9.17) is 14.2 Å². The van der Waals surface area contributed by atoms with Gasteiger partial charge in [0.15, 0.2) is 0 Å². The van der Waals surface area contributed by atoms with Gasteiger partial charge in [-0.2, -0.15) is 0 Å². The highest BCUT2D eigenvalue weighted by atomic mass is 79.9. The highest BCUT2D eigenvalue weighted by Crippen LogP contribution is 2.34. The van der Waals surface area contributed by atoms with E-state index >= 15 is 0 Å². The van der Waals surface area contributed by atoms with Gasteiger partial charge in [-0.1, -0.05) is 6.08 Å². The van der Waals surface area contributed by atoms with E-state index in [0.717, 1.165) is 0 Å². The fraction of sp³-hybridized carbons (Fsp3) is 0.286. The summed E-state index contributed by atoms with van der Waals surface area (Å²) >= 11 is 3.45. The van der Waals surface area contributed by atoms with Gasteiger partial charge in [0.1, 0.15) is 11.3 Å². The zero-order valence-electron chi connectivity index (χ0n) is 17.3. The first-order valence-electron chi connectivity index (χ1n) is 8.92. The fourth-order valence-electron chi connectivity index (χ4n) is 2.55. The number of carbonyl (C=O) groups is 3. The van der Waals surface area contributed by atoms with Crippen LogP contribution in [0.3, 0.4) is 0 Å². The van der Waals surface area contributed by atoms with Crippen molar-refractivity contribution in [2.24, 2.45) is 0 Å². The molecule has 0 fully saturated rings. The number of hydrogen-bond donors (Lipinski definition) is 1. The Morgan fingerprint density at radius 2 is 1.70 bits per heavy atom. The minimum absolute atomic E-state index is 0.0201. The van der Waals surface area contributed by atoms with Crippen molar-refractivity contribution in [3.05, 3.63) is 58.4 Å². The molecule has 1 aliphatic heterocycles. The lowest BCUT2D eigenvalue weighted by Gasteiger charge is -2.25. The third-order valence-corrected chi connectivity index (χ3v) is 4.41. The second kappa shape index (κ2) is 9.62. The first kappa shape index (κ1) is 23.2. The van der Waals surface area contributed by atoms with E-state index in [1.54, 1.807) is 57.3 Å². The van der Waals surface area contributed by atoms with Gasteiger partial charge in [0.25, 0.3) is 0 Å². The molecule has 1 aromatic rings. The minimum Gasteiger partial charge on any atom is -0.465 e. The first-order valence-corrected chi connectivity index (χ1v) is 9.71. The zero-order chi connectivity index (χ0) is 22.5. The fourth-order valence-corrected chi connectivity index (χ4v) is 2.99. The molecule has 1 aliphatic rings. The number of anilines is 2. The third-order valence-electron chi connectivity index (χ3n) is 3.74. The van der Waals surface area contributed by atoms with E-state index in [1.807, 2.05) is 0 Å². The van der Waals surface area contributed by atoms with Gasteiger partial charge in [0, 0.05) is 16.4 Å². The van der Waals surface area contributed by atoms with Crippen LogP contribution in [0.5, 0.6) is 0 Å². The van der Waals surface area contributed by atoms with Crippen LogP contribution in [0.1, 0.15) is 20.8 Å². The molecular formula is C21H23BrN2O6. The molecular weight excluding hydrogens is 456 g/mol. The summed E-state index contributed by atoms with van der Waals surface area (Å²) in [4.78, 5) is 38.4. The van der Waals surface area contributed by atoms with Gasteiger partial charge in [-0.3, -0.25) is 5.32 Å². The number of methoxy groups -OCH3 is 2. The van der Waals surface area contributed by atoms with Crippen LogP contribution in [-0.4, -0.2) is 37.9 Å². The number of halogens is 1. The second-order valence-corrected chi connectivity index (χ2v) is 7.96. The Balaban J connectivity index is 2.53. The summed E-state index contributed by atoms with van der Waals surface area (Å²) in [5, 5.41) is 2.65. The molecule has 0 aromatic heterocycles. The number of hydrogen-bond acceptors (Lipinski definition) is 7. The van der Waals surface area contributed by atoms with Crippen LogP contribution >= 0.6 is 15.9 Å². The number of nitrogens with zero attached hydrogens (tertiary/aromatic N) is 1. The Hall–Kier alpha value is -3.07. The highest BCUT2D eigenvalue weighted by molar-refractivity contribution is 9.10. The molecule has 1 N–H and O–H groups in total. The van der Waals surface area contributed by atoms with Crippen LogP contribution in [0.2, 0.25) is 0 Å². The zero-order valence-corrected chi connectivity index (χ0v) is 18.9. The lowest BCUT2D eigenvalue weighted by atomic mass is 10.1. The summed E-state index contributed by atoms with van der Waals surface area (Å²) < 4.78 is 15.6. The van der Waals surface area contributed by atoms with Crippen molar-refractivity contribution >= 4 is 45.3 Å². The van der Waals surface area contributed by atoms with Crippen molar-refractivity contribution in [3.63, 3.8) is 0 Å². The summed E-state index contributed by atoms with van der Waals surface area (Å²) in [6.45, 7) is 5.28. The van der Waals surface area contributed by atoms with Crippen molar-refractivity contribution in [1.82, 2.24) is 0 Å². The predicted molar refractivity (Wildman–Crippen MR) is 116 cm³/mol. The number of esters is 2. The van der Waals surface area contributed by atoms with E-state index in [0.29, 0.717) is 15.8 Å². The first-order chi connectivity index (χ1) is 14.1. The van der Waals surface area contributed by atoms with Crippen LogP contribution in [0.15, 0.2) is 58.4 Å². The molecule has 0 aliphatic carbocycles. The van der Waals surface area contributed by atoms with Gasteiger partial charge in [-0.15, -0.1) is 0 Å². The van der Waals surface area contributed by atoms with Crippen molar-refractivity contribution < 1.29 is 28.6 Å². The van der Waals surface area contributed by atoms with Crippen molar-refractivity contribution in [2.45, 2.75) is 26.4 Å². The number of carbonyl (C=O) groups excluding carboxylic acids is 3. The summed E-state index contributed by atoms with van der Waals surface area (Å²) in [5.74, 6) is -1.43. The molecule has 0 saturated carbocycles. The summed E-state index contributed by atoms with van der Waals surface area (Å²) in [6, 6.07) is 4.99. The molecule has 30 heavy (non-hydrogen) atoms. The lowest BCUT2D eigenvalue weighted by molar-refractivity contribution is -0.139. The number of benzene rings is 1. The number of rotatable bonds is 4. The smallest absolute Gasteiger partial charge is 0.412 e. The maximum Gasteiger partial charge on any atom is 0.412 e. The molecule has 0 unspecified atom stereocenters. The number of amides is 1. The van der Waals surface area contributed by atoms with E-state index in [-0.39, 0.29) is 11.3 Å². The topological polar surface area (TPSA) is 94.2 Å². The van der Waals surface area contributed by atoms with Gasteiger partial charge in [0.2, 0.25) is 0 Å². The van der Waals surface area contributed by atoms with Gasteiger partial charge in [-0.05, 0) is 67.1 Å². The third kappa shape index (κ3) is 5.73. The molecule has 0 radical (unpaired) electrons. The molecule has 1 aromatic carbocycles. The molecule has 0 atom stereocenters. The SMILES string of the molecule is COC(=O)C1=C(C(=O)OC)N(c2cc(NC(=O)OC(C)(C)C)ccc2Br)C=CC=C1. The van der Waals surface area contributed by atoms with E-state index in [2.05, 4.69) is 21.2 Å². The Kier molecular flexibility index (Phi) is 7.44. The molecule has 2 rings (SSSR count). The average Bonchev–Trinajstić information content (AvgIpc) is 2.89. The van der Waals surface area contributed by atoms with Gasteiger partial charge >= 0.3 is 18.0 Å². The largest absolute Gasteiger partial charge is 0.465 e. The molecule has 8 nitrogen and oxygen atoms in total. The molecule has 9 heteroatoms. The molecule has 1 amide bonds. The quantitative estimate of drug-likeness (QED) is 0.509. The Labute approximate surface area is 183 Å². The highest BCUT2D eigenvalue weighted by Gasteiger charge is 2.28. The van der Waals surface area contributed by atoms with E-state index < -0.39 is 23.6 Å². The molecule has 0 bridgehead atoms. The Bertz CT molecular complexity index is 943. The molecule has 1 heterocycles. The van der Waals surface area contributed by atoms with Crippen molar-refractivity contribution in [3.8, 4) is 0 Å². The standard InChI is InChI=1S/C21H23BrN2O6/c1-21(2,3)30-20(27)23-13-9-10-15(22)16(12-13)24-11-7-6-8-14(18(25)28-4)17(24)19(26)29-5/h6-12H,1-5H3,(H,23,27). The minimum atomic E-state index is -0.732. The number of ether oxygens (including phenoxy) is 3. The molecule has 0 saturated heterocycles. The molecule has 0 spiro atoms. The number of allylic oxidation sites excluding steroid dienone is 2. The maximum absolute atomic E-state index is 12.6.